The van der Waals surface area contributed by atoms with Crippen LogP contribution in [-0.2, 0) is 20.9 Å². The number of rotatable bonds is 6. The highest BCUT2D eigenvalue weighted by Crippen LogP contribution is 2.34. The third kappa shape index (κ3) is 4.00. The van der Waals surface area contributed by atoms with Crippen LogP contribution in [-0.4, -0.2) is 35.5 Å². The van der Waals surface area contributed by atoms with Gasteiger partial charge in [-0.05, 0) is 17.7 Å². The van der Waals surface area contributed by atoms with Crippen molar-refractivity contribution >= 4 is 23.5 Å². The number of carbonyl (C=O) groups excluding carboxylic acids is 2. The number of ether oxygens (including phenoxy) is 1. The van der Waals surface area contributed by atoms with Crippen molar-refractivity contribution in [3.63, 3.8) is 0 Å². The molecular formula is C19H18N2O5. The molecule has 0 radical (unpaired) electrons. The van der Waals surface area contributed by atoms with E-state index in [1.165, 1.54) is 4.90 Å². The van der Waals surface area contributed by atoms with E-state index in [-0.39, 0.29) is 12.5 Å². The molecule has 2 N–H and O–H groups in total. The van der Waals surface area contributed by atoms with E-state index in [0.29, 0.717) is 18.0 Å². The van der Waals surface area contributed by atoms with Gasteiger partial charge in [0.15, 0.2) is 6.10 Å². The van der Waals surface area contributed by atoms with Crippen molar-refractivity contribution < 1.29 is 24.2 Å². The number of fused-ring (bicyclic) bond motifs is 1. The molecule has 7 nitrogen and oxygen atoms in total. The number of carboxylic acid groups (broad SMARTS) is 1. The summed E-state index contributed by atoms with van der Waals surface area (Å²) < 4.78 is 5.49. The average Bonchev–Trinajstić information content (AvgIpc) is 2.64. The van der Waals surface area contributed by atoms with Crippen LogP contribution in [0.5, 0.6) is 5.75 Å². The number of anilines is 1. The predicted octanol–water partition coefficient (Wildman–Crippen LogP) is 1.57. The van der Waals surface area contributed by atoms with Crippen molar-refractivity contribution in [2.45, 2.75) is 19.1 Å². The highest BCUT2D eigenvalue weighted by atomic mass is 16.5. The topological polar surface area (TPSA) is 95.9 Å². The van der Waals surface area contributed by atoms with Gasteiger partial charge in [0.1, 0.15) is 12.3 Å². The van der Waals surface area contributed by atoms with Crippen molar-refractivity contribution in [2.24, 2.45) is 0 Å². The molecule has 3 rings (SSSR count). The first-order valence-corrected chi connectivity index (χ1v) is 8.14. The van der Waals surface area contributed by atoms with Crippen molar-refractivity contribution in [1.29, 1.82) is 0 Å². The van der Waals surface area contributed by atoms with Crippen LogP contribution in [0.25, 0.3) is 0 Å². The molecule has 0 aromatic heterocycles. The third-order valence-corrected chi connectivity index (χ3v) is 3.96. The van der Waals surface area contributed by atoms with Gasteiger partial charge < -0.3 is 15.2 Å². The summed E-state index contributed by atoms with van der Waals surface area (Å²) in [6, 6.07) is 16.2. The smallest absolute Gasteiger partial charge is 0.307 e. The number of hydrogen-bond donors (Lipinski definition) is 2. The lowest BCUT2D eigenvalue weighted by molar-refractivity contribution is -0.142. The first kappa shape index (κ1) is 17.5. The highest BCUT2D eigenvalue weighted by Gasteiger charge is 2.36. The Morgan fingerprint density at radius 2 is 1.77 bits per heavy atom. The molecule has 0 spiro atoms. The zero-order valence-corrected chi connectivity index (χ0v) is 13.9. The summed E-state index contributed by atoms with van der Waals surface area (Å²) in [5.41, 5.74) is 1.40. The number of hydrogen-bond acceptors (Lipinski definition) is 4. The molecule has 2 aromatic carbocycles. The zero-order valence-electron chi connectivity index (χ0n) is 13.9. The minimum atomic E-state index is -1.15. The van der Waals surface area contributed by atoms with Gasteiger partial charge in [-0.3, -0.25) is 19.3 Å². The zero-order chi connectivity index (χ0) is 18.5. The number of carboxylic acids is 1. The van der Waals surface area contributed by atoms with Crippen LogP contribution in [0.2, 0.25) is 0 Å². The molecule has 134 valence electrons. The lowest BCUT2D eigenvalue weighted by atomic mass is 10.1. The number of benzene rings is 2. The van der Waals surface area contributed by atoms with Gasteiger partial charge in [-0.25, -0.2) is 0 Å². The van der Waals surface area contributed by atoms with Crippen molar-refractivity contribution in [2.75, 3.05) is 11.4 Å². The quantitative estimate of drug-likeness (QED) is 0.821. The first-order chi connectivity index (χ1) is 12.5. The summed E-state index contributed by atoms with van der Waals surface area (Å²) in [4.78, 5) is 37.2. The molecule has 26 heavy (non-hydrogen) atoms. The number of nitrogens with zero attached hydrogens (tertiary/aromatic N) is 1. The van der Waals surface area contributed by atoms with E-state index in [1.807, 2.05) is 30.3 Å². The van der Waals surface area contributed by atoms with Crippen LogP contribution in [0.15, 0.2) is 54.6 Å². The molecule has 1 aliphatic heterocycles. The number of nitrogens with one attached hydrogen (secondary N) is 1. The first-order valence-electron chi connectivity index (χ1n) is 8.14. The monoisotopic (exact) mass is 354 g/mol. The third-order valence-electron chi connectivity index (χ3n) is 3.96. The Hall–Kier alpha value is -3.35. The molecular weight excluding hydrogens is 336 g/mol. The Kier molecular flexibility index (Phi) is 5.17. The molecule has 0 saturated heterocycles. The van der Waals surface area contributed by atoms with E-state index < -0.39 is 24.4 Å². The molecule has 1 heterocycles. The van der Waals surface area contributed by atoms with E-state index in [2.05, 4.69) is 5.32 Å². The Balaban J connectivity index is 1.73. The second-order valence-electron chi connectivity index (χ2n) is 5.86. The highest BCUT2D eigenvalue weighted by molar-refractivity contribution is 6.04. The fourth-order valence-electron chi connectivity index (χ4n) is 2.72. The Labute approximate surface area is 150 Å². The summed E-state index contributed by atoms with van der Waals surface area (Å²) in [6.45, 7) is 0.139. The Morgan fingerprint density at radius 1 is 1.08 bits per heavy atom. The van der Waals surface area contributed by atoms with Crippen LogP contribution >= 0.6 is 0 Å². The van der Waals surface area contributed by atoms with E-state index in [9.17, 15) is 14.4 Å². The van der Waals surface area contributed by atoms with Crippen molar-refractivity contribution in [1.82, 2.24) is 5.32 Å². The molecule has 1 atom stereocenters. The minimum Gasteiger partial charge on any atom is -0.481 e. The second-order valence-corrected chi connectivity index (χ2v) is 5.86. The number of aliphatic carboxylic acids is 1. The van der Waals surface area contributed by atoms with Gasteiger partial charge in [-0.2, -0.15) is 0 Å². The average molecular weight is 354 g/mol. The summed E-state index contributed by atoms with van der Waals surface area (Å²) >= 11 is 0. The van der Waals surface area contributed by atoms with Crippen LogP contribution < -0.4 is 15.0 Å². The van der Waals surface area contributed by atoms with Crippen molar-refractivity contribution in [3.05, 3.63) is 60.2 Å². The second kappa shape index (κ2) is 7.69. The Morgan fingerprint density at radius 3 is 2.50 bits per heavy atom. The van der Waals surface area contributed by atoms with E-state index in [0.717, 1.165) is 5.56 Å². The maximum atomic E-state index is 12.6. The minimum absolute atomic E-state index is 0.206. The standard InChI is InChI=1S/C19H18N2O5/c22-17(20-11-13-6-2-1-3-7-13)12-21-14-8-4-5-9-15(14)26-16(19(21)25)10-18(23)24/h1-9,16H,10-12H2,(H,20,22)(H,23,24). The van der Waals surface area contributed by atoms with Gasteiger partial charge in [0.2, 0.25) is 5.91 Å². The maximum absolute atomic E-state index is 12.6. The van der Waals surface area contributed by atoms with Gasteiger partial charge in [0.25, 0.3) is 5.91 Å². The van der Waals surface area contributed by atoms with E-state index in [4.69, 9.17) is 9.84 Å². The van der Waals surface area contributed by atoms with Crippen LogP contribution in [0.1, 0.15) is 12.0 Å². The molecule has 0 fully saturated rings. The molecule has 1 aliphatic rings. The molecule has 0 saturated carbocycles. The van der Waals surface area contributed by atoms with Crippen molar-refractivity contribution in [3.8, 4) is 5.75 Å². The van der Waals surface area contributed by atoms with Gasteiger partial charge in [0, 0.05) is 6.54 Å². The predicted molar refractivity (Wildman–Crippen MR) is 93.8 cm³/mol. The fourth-order valence-corrected chi connectivity index (χ4v) is 2.72. The molecule has 0 aliphatic carbocycles. The van der Waals surface area contributed by atoms with Crippen LogP contribution in [0, 0.1) is 0 Å². The maximum Gasteiger partial charge on any atom is 0.307 e. The number of para-hydroxylation sites is 2. The van der Waals surface area contributed by atoms with E-state index in [1.54, 1.807) is 24.3 Å². The lowest BCUT2D eigenvalue weighted by Gasteiger charge is -2.33. The molecule has 2 aromatic rings. The number of carbonyl (C=O) groups is 3. The number of amides is 2. The van der Waals surface area contributed by atoms with Crippen LogP contribution in [0.3, 0.4) is 0 Å². The summed E-state index contributed by atoms with van der Waals surface area (Å²) in [5.74, 6) is -1.64. The summed E-state index contributed by atoms with van der Waals surface area (Å²) in [5, 5.41) is 11.7. The fraction of sp³-hybridized carbons (Fsp3) is 0.211. The van der Waals surface area contributed by atoms with Gasteiger partial charge in [-0.1, -0.05) is 42.5 Å². The SMILES string of the molecule is O=C(O)CC1Oc2ccccc2N(CC(=O)NCc2ccccc2)C1=O. The Bertz CT molecular complexity index is 822. The molecule has 1 unspecified atom stereocenters. The molecule has 7 heteroatoms. The lowest BCUT2D eigenvalue weighted by Crippen LogP contribution is -2.50. The van der Waals surface area contributed by atoms with Crippen LogP contribution in [0.4, 0.5) is 5.69 Å². The van der Waals surface area contributed by atoms with E-state index >= 15 is 0 Å². The van der Waals surface area contributed by atoms with Gasteiger partial charge >= 0.3 is 5.97 Å². The van der Waals surface area contributed by atoms with Gasteiger partial charge in [-0.15, -0.1) is 0 Å². The normalized spacial score (nSPS) is 15.8. The molecule has 2 amide bonds. The summed E-state index contributed by atoms with van der Waals surface area (Å²) in [7, 11) is 0. The van der Waals surface area contributed by atoms with Gasteiger partial charge in [0.05, 0.1) is 12.1 Å². The molecule has 0 bridgehead atoms. The summed E-state index contributed by atoms with van der Waals surface area (Å²) in [6.07, 6.45) is -1.61. The largest absolute Gasteiger partial charge is 0.481 e.